The average molecular weight is 583 g/mol. The van der Waals surface area contributed by atoms with Gasteiger partial charge >= 0.3 is 18.2 Å². The molecule has 8 nitrogen and oxygen atoms in total. The van der Waals surface area contributed by atoms with Gasteiger partial charge < -0.3 is 15.4 Å². The third-order valence-electron chi connectivity index (χ3n) is 5.57. The number of nitrogens with zero attached hydrogens (tertiary/aromatic N) is 2. The molecule has 0 spiro atoms. The molecule has 0 bridgehead atoms. The number of hydrogen-bond donors (Lipinski definition) is 2. The van der Waals surface area contributed by atoms with Crippen molar-refractivity contribution in [3.8, 4) is 0 Å². The summed E-state index contributed by atoms with van der Waals surface area (Å²) in [5.41, 5.74) is 0.198. The number of amides is 2. The average Bonchev–Trinajstić information content (AvgIpc) is 3.16. The topological polar surface area (TPSA) is 92.7 Å². The van der Waals surface area contributed by atoms with Gasteiger partial charge in [0.25, 0.3) is 0 Å². The summed E-state index contributed by atoms with van der Waals surface area (Å²) < 4.78 is 45.5. The van der Waals surface area contributed by atoms with Crippen molar-refractivity contribution in [2.24, 2.45) is 0 Å². The first-order chi connectivity index (χ1) is 17.4. The molecule has 1 atom stereocenters. The van der Waals surface area contributed by atoms with E-state index in [0.29, 0.717) is 21.1 Å². The largest absolute Gasteiger partial charge is 0.465 e. The standard InChI is InChI=1S/C25H26BrF3N4O4/c1-4-37-23(35)21(32(2)3)11-12-22(34)33-14-19(18-13-16(26)7-10-20(18)33)31-24(36)30-17-8-5-15(6-9-17)25(27,28)29/h5-10,13-14,21H,4,11-12H2,1-3H3,(H2,30,31,36). The first-order valence-corrected chi connectivity index (χ1v) is 12.1. The van der Waals surface area contributed by atoms with Crippen molar-refractivity contribution in [3.05, 3.63) is 58.7 Å². The van der Waals surface area contributed by atoms with E-state index in [1.165, 1.54) is 10.8 Å². The highest BCUT2D eigenvalue weighted by Crippen LogP contribution is 2.31. The molecule has 2 amide bonds. The van der Waals surface area contributed by atoms with Crippen LogP contribution in [0.1, 0.15) is 30.1 Å². The van der Waals surface area contributed by atoms with Crippen LogP contribution in [0.25, 0.3) is 10.9 Å². The molecule has 1 heterocycles. The number of nitrogens with one attached hydrogen (secondary N) is 2. The maximum atomic E-state index is 13.1. The normalized spacial score (nSPS) is 12.4. The van der Waals surface area contributed by atoms with Crippen molar-refractivity contribution >= 4 is 56.1 Å². The molecule has 198 valence electrons. The van der Waals surface area contributed by atoms with Crippen LogP contribution in [-0.4, -0.2) is 54.1 Å². The van der Waals surface area contributed by atoms with Crippen molar-refractivity contribution in [1.82, 2.24) is 9.47 Å². The maximum Gasteiger partial charge on any atom is 0.416 e. The number of carbonyl (C=O) groups is 3. The quantitative estimate of drug-likeness (QED) is 0.319. The van der Waals surface area contributed by atoms with E-state index in [1.807, 2.05) is 0 Å². The second kappa shape index (κ2) is 11.8. The Labute approximate surface area is 219 Å². The molecule has 12 heteroatoms. The van der Waals surface area contributed by atoms with Crippen LogP contribution < -0.4 is 10.6 Å². The fourth-order valence-electron chi connectivity index (χ4n) is 3.74. The summed E-state index contributed by atoms with van der Waals surface area (Å²) in [6.45, 7) is 1.94. The molecule has 0 aliphatic heterocycles. The Balaban J connectivity index is 1.78. The molecule has 2 N–H and O–H groups in total. The lowest BCUT2D eigenvalue weighted by Crippen LogP contribution is -2.37. The van der Waals surface area contributed by atoms with Gasteiger partial charge in [-0.1, -0.05) is 15.9 Å². The molecule has 2 aromatic carbocycles. The number of anilines is 2. The number of hydrogen-bond acceptors (Lipinski definition) is 5. The Morgan fingerprint density at radius 3 is 2.35 bits per heavy atom. The Morgan fingerprint density at radius 2 is 1.76 bits per heavy atom. The van der Waals surface area contributed by atoms with E-state index in [1.54, 1.807) is 44.1 Å². The zero-order valence-electron chi connectivity index (χ0n) is 20.4. The molecular weight excluding hydrogens is 557 g/mol. The minimum atomic E-state index is -4.48. The highest BCUT2D eigenvalue weighted by molar-refractivity contribution is 9.10. The number of carbonyl (C=O) groups excluding carboxylic acids is 3. The Bertz CT molecular complexity index is 1290. The predicted octanol–water partition coefficient (Wildman–Crippen LogP) is 5.98. The zero-order chi connectivity index (χ0) is 27.3. The summed E-state index contributed by atoms with van der Waals surface area (Å²) in [6.07, 6.45) is -2.73. The molecule has 0 radical (unpaired) electrons. The van der Waals surface area contributed by atoms with Crippen LogP contribution in [0.4, 0.5) is 29.3 Å². The summed E-state index contributed by atoms with van der Waals surface area (Å²) in [5.74, 6) is -0.705. The lowest BCUT2D eigenvalue weighted by Gasteiger charge is -2.22. The van der Waals surface area contributed by atoms with Crippen LogP contribution in [0.15, 0.2) is 53.1 Å². The molecule has 37 heavy (non-hydrogen) atoms. The lowest BCUT2D eigenvalue weighted by atomic mass is 10.1. The van der Waals surface area contributed by atoms with Crippen molar-refractivity contribution < 1.29 is 32.3 Å². The van der Waals surface area contributed by atoms with E-state index in [0.717, 1.165) is 24.3 Å². The van der Waals surface area contributed by atoms with Crippen LogP contribution in [0, 0.1) is 0 Å². The van der Waals surface area contributed by atoms with Crippen molar-refractivity contribution in [2.45, 2.75) is 32.0 Å². The minimum Gasteiger partial charge on any atom is -0.465 e. The summed E-state index contributed by atoms with van der Waals surface area (Å²) in [7, 11) is 3.46. The number of fused-ring (bicyclic) bond motifs is 1. The van der Waals surface area contributed by atoms with Crippen molar-refractivity contribution in [2.75, 3.05) is 31.3 Å². The van der Waals surface area contributed by atoms with Gasteiger partial charge in [-0.2, -0.15) is 13.2 Å². The highest BCUT2D eigenvalue weighted by Gasteiger charge is 2.30. The molecule has 0 saturated heterocycles. The molecule has 3 rings (SSSR count). The Morgan fingerprint density at radius 1 is 1.08 bits per heavy atom. The molecule has 3 aromatic rings. The molecule has 1 unspecified atom stereocenters. The lowest BCUT2D eigenvalue weighted by molar-refractivity contribution is -0.148. The smallest absolute Gasteiger partial charge is 0.416 e. The van der Waals surface area contributed by atoms with Crippen LogP contribution in [-0.2, 0) is 15.7 Å². The first-order valence-electron chi connectivity index (χ1n) is 11.3. The maximum absolute atomic E-state index is 13.1. The highest BCUT2D eigenvalue weighted by atomic mass is 79.9. The van der Waals surface area contributed by atoms with Crippen LogP contribution >= 0.6 is 15.9 Å². The van der Waals surface area contributed by atoms with Gasteiger partial charge in [-0.15, -0.1) is 0 Å². The predicted molar refractivity (Wildman–Crippen MR) is 138 cm³/mol. The number of esters is 1. The molecule has 0 fully saturated rings. The van der Waals surface area contributed by atoms with E-state index in [2.05, 4.69) is 26.6 Å². The number of halogens is 4. The minimum absolute atomic E-state index is 0.0404. The van der Waals surface area contributed by atoms with E-state index >= 15 is 0 Å². The monoisotopic (exact) mass is 582 g/mol. The van der Waals surface area contributed by atoms with Gasteiger partial charge in [-0.05, 0) is 69.9 Å². The van der Waals surface area contributed by atoms with Gasteiger partial charge in [0.1, 0.15) is 6.04 Å². The number of aromatic nitrogens is 1. The second-order valence-corrected chi connectivity index (χ2v) is 9.31. The first kappa shape index (κ1) is 28.2. The van der Waals surface area contributed by atoms with E-state index < -0.39 is 29.8 Å². The summed E-state index contributed by atoms with van der Waals surface area (Å²) in [6, 6.07) is 7.95. The number of rotatable bonds is 8. The Hall–Kier alpha value is -3.38. The molecular formula is C25H26BrF3N4O4. The molecule has 0 saturated carbocycles. The van der Waals surface area contributed by atoms with Gasteiger partial charge in [0, 0.05) is 28.2 Å². The summed E-state index contributed by atoms with van der Waals surface area (Å²) in [5, 5.41) is 5.70. The van der Waals surface area contributed by atoms with Gasteiger partial charge in [0.2, 0.25) is 5.91 Å². The number of likely N-dealkylation sites (N-methyl/N-ethyl adjacent to an activating group) is 1. The summed E-state index contributed by atoms with van der Waals surface area (Å²) in [4.78, 5) is 39.6. The number of ether oxygens (including phenoxy) is 1. The number of alkyl halides is 3. The third kappa shape index (κ3) is 7.10. The fraction of sp³-hybridized carbons (Fsp3) is 0.320. The van der Waals surface area contributed by atoms with Gasteiger partial charge in [-0.25, -0.2) is 4.79 Å². The van der Waals surface area contributed by atoms with Gasteiger partial charge in [-0.3, -0.25) is 19.1 Å². The number of urea groups is 1. The van der Waals surface area contributed by atoms with Crippen LogP contribution in [0.2, 0.25) is 0 Å². The fourth-order valence-corrected chi connectivity index (χ4v) is 4.10. The van der Waals surface area contributed by atoms with Gasteiger partial charge in [0.05, 0.1) is 23.4 Å². The Kier molecular flexibility index (Phi) is 8.98. The van der Waals surface area contributed by atoms with Crippen molar-refractivity contribution in [3.63, 3.8) is 0 Å². The zero-order valence-corrected chi connectivity index (χ0v) is 21.9. The van der Waals surface area contributed by atoms with Crippen LogP contribution in [0.3, 0.4) is 0 Å². The summed E-state index contributed by atoms with van der Waals surface area (Å²) >= 11 is 3.38. The molecule has 0 aliphatic carbocycles. The third-order valence-corrected chi connectivity index (χ3v) is 6.06. The van der Waals surface area contributed by atoms with Gasteiger partial charge in [0.15, 0.2) is 0 Å². The van der Waals surface area contributed by atoms with E-state index in [-0.39, 0.29) is 31.0 Å². The number of benzene rings is 2. The van der Waals surface area contributed by atoms with Crippen molar-refractivity contribution in [1.29, 1.82) is 0 Å². The SMILES string of the molecule is CCOC(=O)C(CCC(=O)n1cc(NC(=O)Nc2ccc(C(F)(F)F)cc2)c2cc(Br)ccc21)N(C)C. The molecule has 0 aliphatic rings. The second-order valence-electron chi connectivity index (χ2n) is 8.39. The molecule has 1 aromatic heterocycles. The van der Waals surface area contributed by atoms with E-state index in [4.69, 9.17) is 4.74 Å². The van der Waals surface area contributed by atoms with Crippen LogP contribution in [0.5, 0.6) is 0 Å². The van der Waals surface area contributed by atoms with E-state index in [9.17, 15) is 27.6 Å².